The molecule has 0 radical (unpaired) electrons. The first kappa shape index (κ1) is 26.7. The molecular weight excluding hydrogens is 436 g/mol. The summed E-state index contributed by atoms with van der Waals surface area (Å²) in [4.78, 5) is 44.1. The van der Waals surface area contributed by atoms with Crippen molar-refractivity contribution in [3.8, 4) is 0 Å². The number of carboxylic acids is 1. The Hall–Kier alpha value is -1.93. The van der Waals surface area contributed by atoms with Gasteiger partial charge in [0.1, 0.15) is 17.6 Å². The number of hydrogen-bond acceptors (Lipinski definition) is 5. The van der Waals surface area contributed by atoms with Gasteiger partial charge < -0.3 is 24.7 Å². The summed E-state index contributed by atoms with van der Waals surface area (Å²) < 4.78 is 6.61. The highest BCUT2D eigenvalue weighted by atomic mass is 16.5. The molecule has 3 rings (SSSR count). The minimum atomic E-state index is -1.19. The molecule has 0 aromatic carbocycles. The third-order valence-electron chi connectivity index (χ3n) is 8.81. The summed E-state index contributed by atoms with van der Waals surface area (Å²) in [5.74, 6) is -3.67. The number of aliphatic carboxylic acids is 1. The Bertz CT molecular complexity index is 817. The van der Waals surface area contributed by atoms with Crippen LogP contribution in [0.3, 0.4) is 0 Å². The molecule has 0 aliphatic carbocycles. The van der Waals surface area contributed by atoms with Crippen molar-refractivity contribution >= 4 is 17.8 Å². The zero-order valence-corrected chi connectivity index (χ0v) is 21.3. The molecule has 3 unspecified atom stereocenters. The number of hydrogen-bond donors (Lipinski definition) is 2. The number of aliphatic hydroxyl groups excluding tert-OH is 1. The van der Waals surface area contributed by atoms with E-state index < -0.39 is 41.1 Å². The maximum Gasteiger partial charge on any atom is 0.310 e. The average Bonchev–Trinajstić information content (AvgIpc) is 3.41. The number of fused-ring (bicyclic) bond motifs is 1. The lowest BCUT2D eigenvalue weighted by Gasteiger charge is -2.42. The minimum Gasteiger partial charge on any atom is -0.481 e. The molecule has 2 N–H and O–H groups in total. The van der Waals surface area contributed by atoms with Crippen molar-refractivity contribution in [1.82, 2.24) is 9.80 Å². The van der Waals surface area contributed by atoms with E-state index in [1.54, 1.807) is 11.0 Å². The van der Waals surface area contributed by atoms with Gasteiger partial charge in [-0.1, -0.05) is 46.6 Å². The molecule has 192 valence electrons. The van der Waals surface area contributed by atoms with Crippen LogP contribution >= 0.6 is 0 Å². The van der Waals surface area contributed by atoms with Crippen molar-refractivity contribution in [2.24, 2.45) is 17.8 Å². The van der Waals surface area contributed by atoms with E-state index >= 15 is 0 Å². The summed E-state index contributed by atoms with van der Waals surface area (Å²) in [5.41, 5.74) is -2.14. The van der Waals surface area contributed by atoms with Crippen LogP contribution in [0.15, 0.2) is 12.7 Å². The number of likely N-dealkylation sites (tertiary alicyclic amines) is 1. The third-order valence-corrected chi connectivity index (χ3v) is 8.81. The van der Waals surface area contributed by atoms with E-state index in [2.05, 4.69) is 13.5 Å². The second kappa shape index (κ2) is 9.97. The van der Waals surface area contributed by atoms with Crippen molar-refractivity contribution in [1.29, 1.82) is 0 Å². The fraction of sp³-hybridized carbons (Fsp3) is 0.808. The van der Waals surface area contributed by atoms with Gasteiger partial charge in [0.15, 0.2) is 0 Å². The van der Waals surface area contributed by atoms with Gasteiger partial charge >= 0.3 is 5.97 Å². The van der Waals surface area contributed by atoms with Crippen LogP contribution in [0.1, 0.15) is 73.1 Å². The van der Waals surface area contributed by atoms with E-state index in [1.165, 1.54) is 4.90 Å². The van der Waals surface area contributed by atoms with E-state index in [-0.39, 0.29) is 30.4 Å². The first-order valence-corrected chi connectivity index (χ1v) is 12.9. The van der Waals surface area contributed by atoms with Crippen LogP contribution < -0.4 is 0 Å². The molecule has 2 amide bonds. The molecule has 1 spiro atoms. The molecule has 3 saturated heterocycles. The summed E-state index contributed by atoms with van der Waals surface area (Å²) in [6.45, 7) is 13.7. The molecule has 0 saturated carbocycles. The van der Waals surface area contributed by atoms with E-state index in [4.69, 9.17) is 4.74 Å². The summed E-state index contributed by atoms with van der Waals surface area (Å²) >= 11 is 0. The molecule has 8 nitrogen and oxygen atoms in total. The SMILES string of the molecule is C=CCN(C(=O)C1N([C@@H](CO)[C@@H](C)CC)C(=O)[C@@H]2[C@H](C(=O)O)[C@]3(CC)CCC12O3)C(C)CCC. The Morgan fingerprint density at radius 3 is 2.47 bits per heavy atom. The van der Waals surface area contributed by atoms with Crippen LogP contribution in [-0.4, -0.2) is 80.3 Å². The van der Waals surface area contributed by atoms with Crippen LogP contribution in [-0.2, 0) is 19.1 Å². The average molecular weight is 479 g/mol. The van der Waals surface area contributed by atoms with Crippen LogP contribution in [0.4, 0.5) is 0 Å². The number of aliphatic hydroxyl groups is 1. The third kappa shape index (κ3) is 3.77. The van der Waals surface area contributed by atoms with Crippen molar-refractivity contribution in [2.75, 3.05) is 13.2 Å². The van der Waals surface area contributed by atoms with Crippen LogP contribution in [0, 0.1) is 17.8 Å². The van der Waals surface area contributed by atoms with Crippen LogP contribution in [0.5, 0.6) is 0 Å². The monoisotopic (exact) mass is 478 g/mol. The molecule has 34 heavy (non-hydrogen) atoms. The largest absolute Gasteiger partial charge is 0.481 e. The normalized spacial score (nSPS) is 34.6. The highest BCUT2D eigenvalue weighted by molar-refractivity contribution is 5.98. The zero-order valence-electron chi connectivity index (χ0n) is 21.3. The number of carbonyl (C=O) groups is 3. The number of rotatable bonds is 12. The molecule has 8 heteroatoms. The smallest absolute Gasteiger partial charge is 0.310 e. The van der Waals surface area contributed by atoms with Crippen molar-refractivity contribution in [3.05, 3.63) is 12.7 Å². The Labute approximate surface area is 203 Å². The number of carboxylic acid groups (broad SMARTS) is 1. The standard InChI is InChI=1S/C26H42N2O6/c1-7-11-17(6)27(14-8-2)23(31)21-26-13-12-25(10-4,34-26)20(24(32)33)19(26)22(30)28(21)18(15-29)16(5)9-3/h8,16-21,29H,2,7,9-15H2,1,3-6H3,(H,32,33)/t16-,17?,18-,19-,20+,21?,25-,26?/m0/s1. The van der Waals surface area contributed by atoms with Crippen molar-refractivity contribution in [2.45, 2.75) is 102 Å². The first-order chi connectivity index (χ1) is 16.1. The maximum atomic E-state index is 14.3. The predicted octanol–water partition coefficient (Wildman–Crippen LogP) is 2.84. The van der Waals surface area contributed by atoms with Crippen molar-refractivity contribution < 1.29 is 29.3 Å². The van der Waals surface area contributed by atoms with Gasteiger partial charge in [0.05, 0.1) is 24.2 Å². The Balaban J connectivity index is 2.18. The molecule has 8 atom stereocenters. The van der Waals surface area contributed by atoms with Gasteiger partial charge in [-0.3, -0.25) is 14.4 Å². The van der Waals surface area contributed by atoms with Crippen molar-refractivity contribution in [3.63, 3.8) is 0 Å². The summed E-state index contributed by atoms with van der Waals surface area (Å²) in [6, 6.07) is -1.63. The minimum absolute atomic E-state index is 0.0685. The molecule has 3 fully saturated rings. The fourth-order valence-electron chi connectivity index (χ4n) is 6.84. The van der Waals surface area contributed by atoms with Gasteiger partial charge in [-0.15, -0.1) is 6.58 Å². The Kier molecular flexibility index (Phi) is 7.82. The van der Waals surface area contributed by atoms with E-state index in [9.17, 15) is 24.6 Å². The lowest BCUT2D eigenvalue weighted by atomic mass is 9.65. The van der Waals surface area contributed by atoms with E-state index in [0.29, 0.717) is 32.2 Å². The van der Waals surface area contributed by atoms with Crippen LogP contribution in [0.25, 0.3) is 0 Å². The van der Waals surface area contributed by atoms with Gasteiger partial charge in [0.2, 0.25) is 11.8 Å². The summed E-state index contributed by atoms with van der Waals surface area (Å²) in [6.07, 6.45) is 5.50. The van der Waals surface area contributed by atoms with Gasteiger partial charge in [-0.05, 0) is 38.5 Å². The molecular formula is C26H42N2O6. The Morgan fingerprint density at radius 2 is 1.97 bits per heavy atom. The molecule has 3 heterocycles. The van der Waals surface area contributed by atoms with Gasteiger partial charge in [0, 0.05) is 12.6 Å². The number of amides is 2. The van der Waals surface area contributed by atoms with E-state index in [1.807, 2.05) is 27.7 Å². The van der Waals surface area contributed by atoms with Gasteiger partial charge in [0.25, 0.3) is 0 Å². The fourth-order valence-corrected chi connectivity index (χ4v) is 6.84. The quantitative estimate of drug-likeness (QED) is 0.418. The van der Waals surface area contributed by atoms with E-state index in [0.717, 1.165) is 12.8 Å². The second-order valence-corrected chi connectivity index (χ2v) is 10.5. The number of nitrogens with zero attached hydrogens (tertiary/aromatic N) is 2. The lowest BCUT2D eigenvalue weighted by molar-refractivity contribution is -0.162. The predicted molar refractivity (Wildman–Crippen MR) is 128 cm³/mol. The summed E-state index contributed by atoms with van der Waals surface area (Å²) in [7, 11) is 0. The number of carbonyl (C=O) groups excluding carboxylic acids is 2. The van der Waals surface area contributed by atoms with Crippen LogP contribution in [0.2, 0.25) is 0 Å². The molecule has 3 aliphatic heterocycles. The molecule has 0 aromatic rings. The molecule has 3 aliphatic rings. The van der Waals surface area contributed by atoms with Gasteiger partial charge in [-0.25, -0.2) is 0 Å². The van der Waals surface area contributed by atoms with Gasteiger partial charge in [-0.2, -0.15) is 0 Å². The first-order valence-electron chi connectivity index (χ1n) is 12.9. The summed E-state index contributed by atoms with van der Waals surface area (Å²) in [5, 5.41) is 20.5. The highest BCUT2D eigenvalue weighted by Gasteiger charge is 2.79. The maximum absolute atomic E-state index is 14.3. The number of ether oxygens (including phenoxy) is 1. The Morgan fingerprint density at radius 1 is 1.29 bits per heavy atom. The molecule has 2 bridgehead atoms. The molecule has 0 aromatic heterocycles. The topological polar surface area (TPSA) is 107 Å². The highest BCUT2D eigenvalue weighted by Crippen LogP contribution is 2.64. The second-order valence-electron chi connectivity index (χ2n) is 10.5. The zero-order chi connectivity index (χ0) is 25.4. The lowest BCUT2D eigenvalue weighted by Crippen LogP contribution is -2.61.